The molecule has 4 rings (SSSR count). The fraction of sp³-hybridized carbons (Fsp3) is 0.154. The van der Waals surface area contributed by atoms with Crippen molar-refractivity contribution < 1.29 is 23.7 Å². The number of benzene rings is 3. The number of carbonyl (C=O) groups is 1. The standard InChI is InChI=1S/C26H17Cl5N2O5/c1-2-35-16-6-4-3-5-13(16)19-14-8-7-12(9-17(14)38-26(33)15(19)10-32)37-18(34)11-36-25-23(30)21(28)20(27)22(29)24(25)31/h3-9,19H,2,11,33H2,1H3. The van der Waals surface area contributed by atoms with Gasteiger partial charge < -0.3 is 24.7 Å². The zero-order valence-electron chi connectivity index (χ0n) is 19.5. The fourth-order valence-electron chi connectivity index (χ4n) is 3.83. The molecule has 38 heavy (non-hydrogen) atoms. The molecule has 3 aromatic rings. The maximum absolute atomic E-state index is 12.5. The Bertz CT molecular complexity index is 1470. The van der Waals surface area contributed by atoms with Crippen LogP contribution in [0, 0.1) is 11.3 Å². The van der Waals surface area contributed by atoms with Crippen molar-refractivity contribution in [3.8, 4) is 29.1 Å². The predicted octanol–water partition coefficient (Wildman–Crippen LogP) is 7.55. The molecule has 0 amide bonds. The highest BCUT2D eigenvalue weighted by Crippen LogP contribution is 2.48. The number of carbonyl (C=O) groups excluding carboxylic acids is 1. The number of rotatable bonds is 7. The van der Waals surface area contributed by atoms with Gasteiger partial charge in [-0.2, -0.15) is 5.26 Å². The summed E-state index contributed by atoms with van der Waals surface area (Å²) in [7, 11) is 0. The lowest BCUT2D eigenvalue weighted by Gasteiger charge is -2.27. The predicted molar refractivity (Wildman–Crippen MR) is 146 cm³/mol. The second kappa shape index (κ2) is 11.8. The molecule has 2 N–H and O–H groups in total. The van der Waals surface area contributed by atoms with Crippen LogP contribution in [0.3, 0.4) is 0 Å². The molecule has 196 valence electrons. The lowest BCUT2D eigenvalue weighted by Crippen LogP contribution is -2.22. The van der Waals surface area contributed by atoms with Crippen LogP contribution in [0.4, 0.5) is 0 Å². The molecule has 7 nitrogen and oxygen atoms in total. The summed E-state index contributed by atoms with van der Waals surface area (Å²) in [6.45, 7) is 1.74. The van der Waals surface area contributed by atoms with Gasteiger partial charge in [0.05, 0.1) is 27.6 Å². The van der Waals surface area contributed by atoms with Gasteiger partial charge in [-0.25, -0.2) is 4.79 Å². The third-order valence-corrected chi connectivity index (χ3v) is 7.70. The van der Waals surface area contributed by atoms with E-state index in [0.29, 0.717) is 23.7 Å². The molecule has 1 unspecified atom stereocenters. The van der Waals surface area contributed by atoms with E-state index in [1.54, 1.807) is 12.1 Å². The van der Waals surface area contributed by atoms with Crippen molar-refractivity contribution in [2.24, 2.45) is 5.73 Å². The second-order valence-electron chi connectivity index (χ2n) is 7.76. The maximum atomic E-state index is 12.5. The van der Waals surface area contributed by atoms with E-state index in [9.17, 15) is 10.1 Å². The van der Waals surface area contributed by atoms with E-state index in [0.717, 1.165) is 5.56 Å². The van der Waals surface area contributed by atoms with E-state index in [4.69, 9.17) is 82.7 Å². The molecule has 0 aromatic heterocycles. The lowest BCUT2D eigenvalue weighted by molar-refractivity contribution is -0.136. The van der Waals surface area contributed by atoms with Crippen molar-refractivity contribution in [2.75, 3.05) is 13.2 Å². The number of nitrogens with zero attached hydrogens (tertiary/aromatic N) is 1. The smallest absolute Gasteiger partial charge is 0.349 e. The second-order valence-corrected chi connectivity index (χ2v) is 9.65. The zero-order chi connectivity index (χ0) is 27.6. The van der Waals surface area contributed by atoms with Crippen LogP contribution in [0.25, 0.3) is 0 Å². The molecule has 0 fully saturated rings. The Morgan fingerprint density at radius 2 is 1.63 bits per heavy atom. The quantitative estimate of drug-likeness (QED) is 0.127. The van der Waals surface area contributed by atoms with Gasteiger partial charge in [0.2, 0.25) is 5.88 Å². The number of para-hydroxylation sites is 1. The summed E-state index contributed by atoms with van der Waals surface area (Å²) in [6, 6.07) is 14.2. The number of nitrogens with two attached hydrogens (primary N) is 1. The number of nitriles is 1. The average molecular weight is 615 g/mol. The van der Waals surface area contributed by atoms with Gasteiger partial charge in [0, 0.05) is 17.2 Å². The van der Waals surface area contributed by atoms with Gasteiger partial charge in [-0.1, -0.05) is 82.3 Å². The number of halogens is 5. The van der Waals surface area contributed by atoms with Gasteiger partial charge in [-0.3, -0.25) is 0 Å². The topological polar surface area (TPSA) is 104 Å². The van der Waals surface area contributed by atoms with Crippen LogP contribution < -0.4 is 24.7 Å². The summed E-state index contributed by atoms with van der Waals surface area (Å²) in [5.41, 5.74) is 7.71. The Morgan fingerprint density at radius 1 is 0.974 bits per heavy atom. The normalized spacial score (nSPS) is 14.3. The summed E-state index contributed by atoms with van der Waals surface area (Å²) < 4.78 is 22.3. The van der Waals surface area contributed by atoms with Crippen LogP contribution in [0.1, 0.15) is 24.0 Å². The molecule has 0 saturated heterocycles. The molecule has 1 aliphatic rings. The minimum atomic E-state index is -0.783. The first-order valence-electron chi connectivity index (χ1n) is 11.0. The number of esters is 1. The summed E-state index contributed by atoms with van der Waals surface area (Å²) in [5, 5.41) is 9.44. The first kappa shape index (κ1) is 28.0. The van der Waals surface area contributed by atoms with E-state index >= 15 is 0 Å². The van der Waals surface area contributed by atoms with Crippen LogP contribution in [-0.4, -0.2) is 19.2 Å². The molecule has 3 aromatic carbocycles. The molecule has 0 saturated carbocycles. The molecular formula is C26H17Cl5N2O5. The van der Waals surface area contributed by atoms with Crippen molar-refractivity contribution in [1.29, 1.82) is 5.26 Å². The third-order valence-electron chi connectivity index (χ3n) is 5.46. The van der Waals surface area contributed by atoms with Gasteiger partial charge >= 0.3 is 5.97 Å². The summed E-state index contributed by atoms with van der Waals surface area (Å²) in [4.78, 5) is 12.5. The van der Waals surface area contributed by atoms with Crippen LogP contribution in [0.15, 0.2) is 53.9 Å². The molecule has 1 heterocycles. The number of ether oxygens (including phenoxy) is 4. The van der Waals surface area contributed by atoms with Gasteiger partial charge in [-0.15, -0.1) is 0 Å². The summed E-state index contributed by atoms with van der Waals surface area (Å²) >= 11 is 30.3. The Balaban J connectivity index is 1.58. The molecule has 0 radical (unpaired) electrons. The van der Waals surface area contributed by atoms with Gasteiger partial charge in [-0.05, 0) is 19.1 Å². The highest BCUT2D eigenvalue weighted by molar-refractivity contribution is 6.55. The lowest BCUT2D eigenvalue weighted by atomic mass is 9.83. The van der Waals surface area contributed by atoms with E-state index in [-0.39, 0.29) is 48.1 Å². The number of hydrogen-bond donors (Lipinski definition) is 1. The Labute approximate surface area is 243 Å². The van der Waals surface area contributed by atoms with Crippen molar-refractivity contribution in [3.05, 3.63) is 90.2 Å². The first-order chi connectivity index (χ1) is 18.2. The van der Waals surface area contributed by atoms with Crippen molar-refractivity contribution in [3.63, 3.8) is 0 Å². The van der Waals surface area contributed by atoms with Crippen molar-refractivity contribution in [1.82, 2.24) is 0 Å². The summed E-state index contributed by atoms with van der Waals surface area (Å²) in [5.74, 6) is -0.447. The first-order valence-corrected chi connectivity index (χ1v) is 12.8. The van der Waals surface area contributed by atoms with Crippen molar-refractivity contribution in [2.45, 2.75) is 12.8 Å². The Kier molecular flexibility index (Phi) is 8.71. The number of fused-ring (bicyclic) bond motifs is 1. The van der Waals surface area contributed by atoms with Gasteiger partial charge in [0.1, 0.15) is 38.9 Å². The van der Waals surface area contributed by atoms with Crippen LogP contribution in [0.5, 0.6) is 23.0 Å². The summed E-state index contributed by atoms with van der Waals surface area (Å²) in [6.07, 6.45) is 0. The largest absolute Gasteiger partial charge is 0.494 e. The number of hydrogen-bond acceptors (Lipinski definition) is 7. The molecule has 0 spiro atoms. The Hall–Kier alpha value is -2.99. The fourth-order valence-corrected chi connectivity index (χ4v) is 5.06. The van der Waals surface area contributed by atoms with E-state index < -0.39 is 18.5 Å². The minimum Gasteiger partial charge on any atom is -0.494 e. The Morgan fingerprint density at radius 3 is 2.29 bits per heavy atom. The van der Waals surface area contributed by atoms with E-state index in [1.165, 1.54) is 6.07 Å². The SMILES string of the molecule is CCOc1ccccc1C1C(C#N)=C(N)Oc2cc(OC(=O)COc3c(Cl)c(Cl)c(Cl)c(Cl)c3Cl)ccc21. The highest BCUT2D eigenvalue weighted by atomic mass is 35.5. The monoisotopic (exact) mass is 612 g/mol. The molecule has 0 aliphatic carbocycles. The van der Waals surface area contributed by atoms with Crippen LogP contribution in [0.2, 0.25) is 25.1 Å². The average Bonchev–Trinajstić information content (AvgIpc) is 2.90. The number of allylic oxidation sites excluding steroid dienone is 1. The van der Waals surface area contributed by atoms with Gasteiger partial charge in [0.15, 0.2) is 12.4 Å². The maximum Gasteiger partial charge on any atom is 0.349 e. The van der Waals surface area contributed by atoms with Crippen LogP contribution >= 0.6 is 58.0 Å². The van der Waals surface area contributed by atoms with Crippen molar-refractivity contribution >= 4 is 64.0 Å². The molecule has 1 aliphatic heterocycles. The molecule has 1 atom stereocenters. The van der Waals surface area contributed by atoms with E-state index in [2.05, 4.69) is 6.07 Å². The highest BCUT2D eigenvalue weighted by Gasteiger charge is 2.33. The third kappa shape index (κ3) is 5.42. The molecular weight excluding hydrogens is 598 g/mol. The van der Waals surface area contributed by atoms with E-state index in [1.807, 2.05) is 31.2 Å². The molecule has 0 bridgehead atoms. The molecule has 12 heteroatoms. The van der Waals surface area contributed by atoms with Gasteiger partial charge in [0.25, 0.3) is 0 Å². The zero-order valence-corrected chi connectivity index (χ0v) is 23.3. The minimum absolute atomic E-state index is 0.0395. The van der Waals surface area contributed by atoms with Crippen LogP contribution in [-0.2, 0) is 4.79 Å².